The Balaban J connectivity index is 2.30. The van der Waals surface area contributed by atoms with Gasteiger partial charge in [0.2, 0.25) is 6.10 Å². The second kappa shape index (κ2) is 4.06. The lowest BCUT2D eigenvalue weighted by molar-refractivity contribution is -0.160. The molecular formula is C7H10O5. The molecule has 1 fully saturated rings. The summed E-state index contributed by atoms with van der Waals surface area (Å²) >= 11 is 0. The Labute approximate surface area is 69.3 Å². The fraction of sp³-hybridized carbons (Fsp3) is 0.714. The van der Waals surface area contributed by atoms with Crippen LogP contribution in [0.3, 0.4) is 0 Å². The van der Waals surface area contributed by atoms with Crippen molar-refractivity contribution in [2.75, 3.05) is 13.2 Å². The largest absolute Gasteiger partial charge is 0.463 e. The summed E-state index contributed by atoms with van der Waals surface area (Å²) in [7, 11) is 0. The Morgan fingerprint density at radius 3 is 3.00 bits per heavy atom. The lowest BCUT2D eigenvalue weighted by Gasteiger charge is -2.06. The van der Waals surface area contributed by atoms with Crippen LogP contribution in [0.25, 0.3) is 0 Å². The molecule has 0 spiro atoms. The van der Waals surface area contributed by atoms with E-state index in [2.05, 4.69) is 4.74 Å². The highest BCUT2D eigenvalue weighted by atomic mass is 16.6. The van der Waals surface area contributed by atoms with Gasteiger partial charge in [-0.1, -0.05) is 0 Å². The predicted octanol–water partition coefficient (Wildman–Crippen LogP) is -0.772. The minimum absolute atomic E-state index is 0.0796. The van der Waals surface area contributed by atoms with Gasteiger partial charge in [-0.05, 0) is 0 Å². The summed E-state index contributed by atoms with van der Waals surface area (Å²) in [6, 6.07) is 0. The van der Waals surface area contributed by atoms with Crippen LogP contribution < -0.4 is 0 Å². The van der Waals surface area contributed by atoms with E-state index in [1.165, 1.54) is 0 Å². The zero-order valence-corrected chi connectivity index (χ0v) is 6.49. The molecule has 0 radical (unpaired) electrons. The smallest absolute Gasteiger partial charge is 0.347 e. The van der Waals surface area contributed by atoms with E-state index in [4.69, 9.17) is 9.84 Å². The maximum atomic E-state index is 10.8. The third kappa shape index (κ3) is 2.20. The van der Waals surface area contributed by atoms with Crippen LogP contribution in [0.15, 0.2) is 0 Å². The Kier molecular flexibility index (Phi) is 3.04. The molecule has 1 aliphatic heterocycles. The molecule has 1 saturated heterocycles. The van der Waals surface area contributed by atoms with Crippen molar-refractivity contribution in [2.24, 2.45) is 0 Å². The number of rotatable bonds is 3. The zero-order valence-electron chi connectivity index (χ0n) is 6.49. The first kappa shape index (κ1) is 8.99. The Bertz CT molecular complexity index is 188. The van der Waals surface area contributed by atoms with Gasteiger partial charge in [-0.15, -0.1) is 0 Å². The first-order valence-corrected chi connectivity index (χ1v) is 3.71. The van der Waals surface area contributed by atoms with Crippen molar-refractivity contribution in [2.45, 2.75) is 18.9 Å². The first-order chi connectivity index (χ1) is 5.74. The van der Waals surface area contributed by atoms with Gasteiger partial charge in [0, 0.05) is 6.42 Å². The maximum Gasteiger partial charge on any atom is 0.347 e. The molecule has 0 aliphatic carbocycles. The van der Waals surface area contributed by atoms with Crippen LogP contribution in [0, 0.1) is 0 Å². The van der Waals surface area contributed by atoms with Gasteiger partial charge in [0.15, 0.2) is 0 Å². The average Bonchev–Trinajstić information content (AvgIpc) is 2.37. The van der Waals surface area contributed by atoms with Gasteiger partial charge < -0.3 is 14.6 Å². The molecule has 0 aromatic heterocycles. The van der Waals surface area contributed by atoms with Gasteiger partial charge in [0.25, 0.3) is 0 Å². The van der Waals surface area contributed by atoms with Crippen LogP contribution in [-0.2, 0) is 19.1 Å². The van der Waals surface area contributed by atoms with Gasteiger partial charge in [0.05, 0.1) is 19.6 Å². The number of hydrogen-bond acceptors (Lipinski definition) is 5. The fourth-order valence-electron chi connectivity index (χ4n) is 0.893. The van der Waals surface area contributed by atoms with E-state index >= 15 is 0 Å². The van der Waals surface area contributed by atoms with Crippen molar-refractivity contribution in [3.63, 3.8) is 0 Å². The van der Waals surface area contributed by atoms with E-state index in [1.54, 1.807) is 0 Å². The molecule has 0 aromatic rings. The normalized spacial score (nSPS) is 22.1. The third-order valence-electron chi connectivity index (χ3n) is 1.48. The number of carbonyl (C=O) groups excluding carboxylic acids is 2. The molecule has 1 aliphatic rings. The molecule has 68 valence electrons. The number of carbonyl (C=O) groups is 2. The molecule has 5 nitrogen and oxygen atoms in total. The summed E-state index contributed by atoms with van der Waals surface area (Å²) in [5.74, 6) is -1.07. The zero-order chi connectivity index (χ0) is 8.97. The quantitative estimate of drug-likeness (QED) is 0.568. The Hall–Kier alpha value is -1.10. The molecule has 1 rings (SSSR count). The molecule has 12 heavy (non-hydrogen) atoms. The monoisotopic (exact) mass is 174 g/mol. The SMILES string of the molecule is O=C(CCO)OC1CCOC1=O. The first-order valence-electron chi connectivity index (χ1n) is 3.71. The minimum atomic E-state index is -0.760. The molecule has 1 unspecified atom stereocenters. The topological polar surface area (TPSA) is 72.8 Å². The van der Waals surface area contributed by atoms with Crippen LogP contribution >= 0.6 is 0 Å². The van der Waals surface area contributed by atoms with E-state index in [-0.39, 0.29) is 13.0 Å². The third-order valence-corrected chi connectivity index (χ3v) is 1.48. The van der Waals surface area contributed by atoms with E-state index in [0.29, 0.717) is 13.0 Å². The maximum absolute atomic E-state index is 10.8. The van der Waals surface area contributed by atoms with Crippen LogP contribution in [0.2, 0.25) is 0 Å². The second-order valence-corrected chi connectivity index (χ2v) is 2.41. The van der Waals surface area contributed by atoms with E-state index in [9.17, 15) is 9.59 Å². The lowest BCUT2D eigenvalue weighted by Crippen LogP contribution is -2.22. The van der Waals surface area contributed by atoms with Crippen molar-refractivity contribution in [1.29, 1.82) is 0 Å². The summed E-state index contributed by atoms with van der Waals surface area (Å²) in [6.07, 6.45) is -0.427. The highest BCUT2D eigenvalue weighted by molar-refractivity contribution is 5.80. The van der Waals surface area contributed by atoms with E-state index in [1.807, 2.05) is 0 Å². The van der Waals surface area contributed by atoms with Gasteiger partial charge >= 0.3 is 11.9 Å². The molecule has 1 N–H and O–H groups in total. The number of esters is 2. The number of ether oxygens (including phenoxy) is 2. The van der Waals surface area contributed by atoms with E-state index in [0.717, 1.165) is 0 Å². The minimum Gasteiger partial charge on any atom is -0.463 e. The summed E-state index contributed by atoms with van der Waals surface area (Å²) in [4.78, 5) is 21.5. The van der Waals surface area contributed by atoms with Gasteiger partial charge in [-0.25, -0.2) is 4.79 Å². The van der Waals surface area contributed by atoms with Crippen LogP contribution in [-0.4, -0.2) is 36.4 Å². The summed E-state index contributed by atoms with van der Waals surface area (Å²) in [6.45, 7) is 0.0382. The fourth-order valence-corrected chi connectivity index (χ4v) is 0.893. The molecule has 1 heterocycles. The van der Waals surface area contributed by atoms with Crippen LogP contribution in [0.5, 0.6) is 0 Å². The van der Waals surface area contributed by atoms with Gasteiger partial charge in [0.1, 0.15) is 0 Å². The van der Waals surface area contributed by atoms with Gasteiger partial charge in [-0.2, -0.15) is 0 Å². The van der Waals surface area contributed by atoms with E-state index < -0.39 is 18.0 Å². The number of cyclic esters (lactones) is 1. The molecule has 0 amide bonds. The second-order valence-electron chi connectivity index (χ2n) is 2.41. The van der Waals surface area contributed by atoms with Gasteiger partial charge in [-0.3, -0.25) is 4.79 Å². The van der Waals surface area contributed by atoms with Crippen molar-refractivity contribution < 1.29 is 24.2 Å². The molecule has 5 heteroatoms. The van der Waals surface area contributed by atoms with Crippen LogP contribution in [0.4, 0.5) is 0 Å². The molecule has 1 atom stereocenters. The van der Waals surface area contributed by atoms with Crippen molar-refractivity contribution in [3.8, 4) is 0 Å². The lowest BCUT2D eigenvalue weighted by atomic mass is 10.3. The van der Waals surface area contributed by atoms with Crippen molar-refractivity contribution in [3.05, 3.63) is 0 Å². The predicted molar refractivity (Wildman–Crippen MR) is 37.2 cm³/mol. The van der Waals surface area contributed by atoms with Crippen LogP contribution in [0.1, 0.15) is 12.8 Å². The summed E-state index contributed by atoms with van der Waals surface area (Å²) in [5.41, 5.74) is 0. The van der Waals surface area contributed by atoms with Crippen molar-refractivity contribution in [1.82, 2.24) is 0 Å². The van der Waals surface area contributed by atoms with Crippen molar-refractivity contribution >= 4 is 11.9 Å². The average molecular weight is 174 g/mol. The summed E-state index contributed by atoms with van der Waals surface area (Å²) < 4.78 is 9.26. The molecule has 0 bridgehead atoms. The number of hydrogen-bond donors (Lipinski definition) is 1. The molecule has 0 aromatic carbocycles. The Morgan fingerprint density at radius 2 is 2.50 bits per heavy atom. The molecular weight excluding hydrogens is 164 g/mol. The molecule has 0 saturated carbocycles. The standard InChI is InChI=1S/C7H10O5/c8-3-1-6(9)12-5-2-4-11-7(5)10/h5,8H,1-4H2. The highest BCUT2D eigenvalue weighted by Gasteiger charge is 2.29. The highest BCUT2D eigenvalue weighted by Crippen LogP contribution is 2.10. The Morgan fingerprint density at radius 1 is 1.75 bits per heavy atom. The summed E-state index contributed by atoms with van der Waals surface area (Å²) in [5, 5.41) is 8.36. The number of aliphatic hydroxyl groups excluding tert-OH is 1. The number of aliphatic hydroxyl groups is 1.